The second-order valence-corrected chi connectivity index (χ2v) is 7.85. The molecular weight excluding hydrogens is 442 g/mol. The van der Waals surface area contributed by atoms with Gasteiger partial charge >= 0.3 is 11.8 Å². The van der Waals surface area contributed by atoms with Crippen molar-refractivity contribution in [1.29, 1.82) is 0 Å². The molecule has 0 aliphatic carbocycles. The SMILES string of the molecule is CCCCCCCCOC(=O)C1(F)OC([C@H](O)[C@H](O)CO)C(NC(C)=O)C(NCl)C1F. The molecule has 0 radical (unpaired) electrons. The smallest absolute Gasteiger partial charge is 0.375 e. The van der Waals surface area contributed by atoms with Crippen LogP contribution in [0.1, 0.15) is 52.4 Å². The molecule has 1 amide bonds. The van der Waals surface area contributed by atoms with Crippen molar-refractivity contribution in [1.82, 2.24) is 10.2 Å². The van der Waals surface area contributed by atoms with E-state index in [1.807, 2.05) is 4.84 Å². The summed E-state index contributed by atoms with van der Waals surface area (Å²) in [7, 11) is 0. The van der Waals surface area contributed by atoms with E-state index >= 15 is 4.39 Å². The summed E-state index contributed by atoms with van der Waals surface area (Å²) in [4.78, 5) is 25.8. The Morgan fingerprint density at radius 2 is 1.81 bits per heavy atom. The van der Waals surface area contributed by atoms with Crippen LogP contribution in [0.25, 0.3) is 0 Å². The fourth-order valence-corrected chi connectivity index (χ4v) is 3.65. The number of rotatable bonds is 13. The summed E-state index contributed by atoms with van der Waals surface area (Å²) < 4.78 is 40.2. The van der Waals surface area contributed by atoms with Crippen molar-refractivity contribution in [3.63, 3.8) is 0 Å². The zero-order valence-electron chi connectivity index (χ0n) is 17.7. The summed E-state index contributed by atoms with van der Waals surface area (Å²) in [6.45, 7) is 2.06. The van der Waals surface area contributed by atoms with Gasteiger partial charge in [-0.2, -0.15) is 4.39 Å². The van der Waals surface area contributed by atoms with Crippen LogP contribution in [-0.2, 0) is 19.1 Å². The molecule has 5 N–H and O–H groups in total. The van der Waals surface area contributed by atoms with Crippen molar-refractivity contribution in [2.24, 2.45) is 0 Å². The molecular formula is C19H33ClF2N2O7. The Bertz CT molecular complexity index is 577. The summed E-state index contributed by atoms with van der Waals surface area (Å²) in [6.07, 6.45) is -3.07. The van der Waals surface area contributed by atoms with Crippen molar-refractivity contribution in [2.45, 2.75) is 94.8 Å². The van der Waals surface area contributed by atoms with Crippen LogP contribution in [0.2, 0.25) is 0 Å². The van der Waals surface area contributed by atoms with Gasteiger partial charge in [0.05, 0.1) is 25.3 Å². The average Bonchev–Trinajstić information content (AvgIpc) is 2.74. The van der Waals surface area contributed by atoms with E-state index in [2.05, 4.69) is 12.2 Å². The quantitative estimate of drug-likeness (QED) is 0.149. The van der Waals surface area contributed by atoms with Gasteiger partial charge in [-0.25, -0.2) is 14.0 Å². The van der Waals surface area contributed by atoms with Gasteiger partial charge in [0.2, 0.25) is 5.91 Å². The highest BCUT2D eigenvalue weighted by atomic mass is 35.5. The number of hydrogen-bond acceptors (Lipinski definition) is 8. The molecule has 1 saturated heterocycles. The van der Waals surface area contributed by atoms with Crippen LogP contribution in [0, 0.1) is 0 Å². The lowest BCUT2D eigenvalue weighted by molar-refractivity contribution is -0.279. The first kappa shape index (κ1) is 27.9. The maximum Gasteiger partial charge on any atom is 0.375 e. The second-order valence-electron chi connectivity index (χ2n) is 7.63. The van der Waals surface area contributed by atoms with Gasteiger partial charge in [-0.05, 0) is 18.2 Å². The summed E-state index contributed by atoms with van der Waals surface area (Å²) in [6, 6.07) is -3.20. The molecule has 0 spiro atoms. The third kappa shape index (κ3) is 7.47. The first-order chi connectivity index (χ1) is 14.6. The van der Waals surface area contributed by atoms with Crippen LogP contribution < -0.4 is 10.2 Å². The molecule has 0 saturated carbocycles. The van der Waals surface area contributed by atoms with Crippen molar-refractivity contribution >= 4 is 23.7 Å². The van der Waals surface area contributed by atoms with Crippen LogP contribution in [-0.4, -0.2) is 82.8 Å². The Morgan fingerprint density at radius 3 is 2.35 bits per heavy atom. The molecule has 9 nitrogen and oxygen atoms in total. The number of esters is 1. The maximum atomic E-state index is 15.4. The highest BCUT2D eigenvalue weighted by Crippen LogP contribution is 2.37. The summed E-state index contributed by atoms with van der Waals surface area (Å²) in [5, 5.41) is 31.3. The number of aliphatic hydroxyl groups excluding tert-OH is 3. The molecule has 0 bridgehead atoms. The predicted molar refractivity (Wildman–Crippen MR) is 107 cm³/mol. The number of carbonyl (C=O) groups excluding carboxylic acids is 2. The van der Waals surface area contributed by atoms with Gasteiger partial charge in [0.1, 0.15) is 18.3 Å². The summed E-state index contributed by atoms with van der Waals surface area (Å²) in [5.74, 6) is -6.00. The molecule has 31 heavy (non-hydrogen) atoms. The van der Waals surface area contributed by atoms with E-state index in [-0.39, 0.29) is 6.61 Å². The van der Waals surface area contributed by atoms with Crippen molar-refractivity contribution in [3.05, 3.63) is 0 Å². The zero-order chi connectivity index (χ0) is 23.6. The molecule has 0 aromatic heterocycles. The third-order valence-corrected chi connectivity index (χ3v) is 5.39. The first-order valence-electron chi connectivity index (χ1n) is 10.4. The van der Waals surface area contributed by atoms with E-state index in [9.17, 15) is 24.2 Å². The lowest BCUT2D eigenvalue weighted by Crippen LogP contribution is -2.73. The maximum absolute atomic E-state index is 15.4. The molecule has 1 fully saturated rings. The molecule has 0 aromatic carbocycles. The Hall–Kier alpha value is -1.11. The van der Waals surface area contributed by atoms with Crippen LogP contribution in [0.15, 0.2) is 0 Å². The van der Waals surface area contributed by atoms with E-state index in [0.29, 0.717) is 6.42 Å². The largest absolute Gasteiger partial charge is 0.461 e. The Morgan fingerprint density at radius 1 is 1.19 bits per heavy atom. The van der Waals surface area contributed by atoms with Crippen molar-refractivity contribution in [2.75, 3.05) is 13.2 Å². The highest BCUT2D eigenvalue weighted by molar-refractivity contribution is 6.13. The lowest BCUT2D eigenvalue weighted by Gasteiger charge is -2.47. The number of carbonyl (C=O) groups is 2. The predicted octanol–water partition coefficient (Wildman–Crippen LogP) is 0.624. The minimum absolute atomic E-state index is 0.159. The third-order valence-electron chi connectivity index (χ3n) is 5.14. The van der Waals surface area contributed by atoms with Crippen molar-refractivity contribution < 1.29 is 43.2 Å². The van der Waals surface area contributed by atoms with Crippen LogP contribution in [0.5, 0.6) is 0 Å². The molecule has 182 valence electrons. The molecule has 5 unspecified atom stereocenters. The monoisotopic (exact) mass is 474 g/mol. The van der Waals surface area contributed by atoms with Crippen molar-refractivity contribution in [3.8, 4) is 0 Å². The number of aliphatic hydroxyl groups is 3. The number of nitrogens with one attached hydrogen (secondary N) is 2. The molecule has 1 aliphatic heterocycles. The first-order valence-corrected chi connectivity index (χ1v) is 10.8. The van der Waals surface area contributed by atoms with Crippen LogP contribution in [0.4, 0.5) is 8.78 Å². The van der Waals surface area contributed by atoms with Gasteiger partial charge < -0.3 is 30.1 Å². The number of ether oxygens (including phenoxy) is 2. The lowest BCUT2D eigenvalue weighted by atomic mass is 9.86. The van der Waals surface area contributed by atoms with E-state index < -0.39 is 60.9 Å². The van der Waals surface area contributed by atoms with E-state index in [0.717, 1.165) is 39.0 Å². The fraction of sp³-hybridized carbons (Fsp3) is 0.895. The minimum Gasteiger partial charge on any atom is -0.461 e. The zero-order valence-corrected chi connectivity index (χ0v) is 18.5. The molecule has 12 heteroatoms. The summed E-state index contributed by atoms with van der Waals surface area (Å²) >= 11 is 5.55. The number of amides is 1. The molecule has 7 atom stereocenters. The molecule has 1 heterocycles. The van der Waals surface area contributed by atoms with Gasteiger partial charge in [0.15, 0.2) is 6.17 Å². The van der Waals surface area contributed by atoms with Gasteiger partial charge in [0, 0.05) is 6.92 Å². The van der Waals surface area contributed by atoms with E-state index in [1.165, 1.54) is 0 Å². The standard InChI is InChI=1S/C19H33ClF2N2O7/c1-3-4-5-6-7-8-9-30-18(29)19(22)17(21)14(24-20)13(23-11(2)26)16(31-19)15(28)12(27)10-25/h12-17,24-25,27-28H,3-10H2,1-2H3,(H,23,26)/t12-,13?,14?,15-,16?,17?,19?/m1/s1. The normalized spacial score (nSPS) is 30.5. The number of alkyl halides is 2. The van der Waals surface area contributed by atoms with Gasteiger partial charge in [-0.1, -0.05) is 39.0 Å². The molecule has 1 rings (SSSR count). The number of halogens is 3. The van der Waals surface area contributed by atoms with Gasteiger partial charge in [-0.15, -0.1) is 0 Å². The Labute approximate surface area is 185 Å². The number of unbranched alkanes of at least 4 members (excludes halogenated alkanes) is 5. The van der Waals surface area contributed by atoms with Crippen LogP contribution >= 0.6 is 11.8 Å². The van der Waals surface area contributed by atoms with Gasteiger partial charge in [-0.3, -0.25) is 4.79 Å². The average molecular weight is 475 g/mol. The summed E-state index contributed by atoms with van der Waals surface area (Å²) in [5.41, 5.74) is 0. The number of hydrogen-bond donors (Lipinski definition) is 5. The Balaban J connectivity index is 2.95. The fourth-order valence-electron chi connectivity index (χ4n) is 3.40. The van der Waals surface area contributed by atoms with Gasteiger partial charge in [0.25, 0.3) is 0 Å². The van der Waals surface area contributed by atoms with Crippen LogP contribution in [0.3, 0.4) is 0 Å². The Kier molecular flexibility index (Phi) is 12.1. The second kappa shape index (κ2) is 13.4. The van der Waals surface area contributed by atoms with E-state index in [1.54, 1.807) is 0 Å². The topological polar surface area (TPSA) is 137 Å². The van der Waals surface area contributed by atoms with E-state index in [4.69, 9.17) is 26.4 Å². The molecule has 1 aliphatic rings. The molecule has 0 aromatic rings. The highest BCUT2D eigenvalue weighted by Gasteiger charge is 2.63. The minimum atomic E-state index is -3.66.